The van der Waals surface area contributed by atoms with Crippen molar-refractivity contribution in [3.05, 3.63) is 0 Å². The van der Waals surface area contributed by atoms with Crippen molar-refractivity contribution in [1.82, 2.24) is 0 Å². The molecule has 1 aliphatic rings. The smallest absolute Gasteiger partial charge is 0.304 e. The summed E-state index contributed by atoms with van der Waals surface area (Å²) in [6.07, 6.45) is 0.385. The van der Waals surface area contributed by atoms with Gasteiger partial charge >= 0.3 is 5.97 Å². The summed E-state index contributed by atoms with van der Waals surface area (Å²) in [5.74, 6) is 0.0671. The van der Waals surface area contributed by atoms with E-state index in [0.29, 0.717) is 19.1 Å². The summed E-state index contributed by atoms with van der Waals surface area (Å²) in [7, 11) is 1.65. The molecule has 1 heterocycles. The van der Waals surface area contributed by atoms with Crippen LogP contribution in [0.3, 0.4) is 0 Å². The van der Waals surface area contributed by atoms with Crippen LogP contribution in [0.1, 0.15) is 13.3 Å². The summed E-state index contributed by atoms with van der Waals surface area (Å²) >= 11 is 0. The lowest BCUT2D eigenvalue weighted by Gasteiger charge is -2.08. The Labute approximate surface area is 71.8 Å². The van der Waals surface area contributed by atoms with Crippen LogP contribution in [0.25, 0.3) is 0 Å². The molecule has 0 aromatic rings. The van der Waals surface area contributed by atoms with Gasteiger partial charge in [0.05, 0.1) is 13.2 Å². The highest BCUT2D eigenvalue weighted by Gasteiger charge is 2.27. The van der Waals surface area contributed by atoms with Crippen molar-refractivity contribution in [3.8, 4) is 0 Å². The maximum atomic E-state index is 10.5. The topological polar surface area (TPSA) is 44.8 Å². The quantitative estimate of drug-likeness (QED) is 0.586. The average Bonchev–Trinajstić information content (AvgIpc) is 2.36. The zero-order chi connectivity index (χ0) is 8.97. The van der Waals surface area contributed by atoms with E-state index in [4.69, 9.17) is 14.2 Å². The molecular formula is C8H14O4. The molecular weight excluding hydrogens is 160 g/mol. The molecule has 2 atom stereocenters. The summed E-state index contributed by atoms with van der Waals surface area (Å²) in [5, 5.41) is 0. The molecule has 0 bridgehead atoms. The summed E-state index contributed by atoms with van der Waals surface area (Å²) in [6.45, 7) is 2.66. The first kappa shape index (κ1) is 9.48. The van der Waals surface area contributed by atoms with E-state index < -0.39 is 0 Å². The Balaban J connectivity index is 2.21. The normalized spacial score (nSPS) is 28.8. The van der Waals surface area contributed by atoms with E-state index in [1.807, 2.05) is 0 Å². The van der Waals surface area contributed by atoms with Crippen molar-refractivity contribution in [2.45, 2.75) is 19.6 Å². The van der Waals surface area contributed by atoms with Crippen LogP contribution in [0.2, 0.25) is 0 Å². The molecule has 0 N–H and O–H groups in total. The minimum Gasteiger partial charge on any atom is -0.436 e. The Morgan fingerprint density at radius 2 is 2.42 bits per heavy atom. The molecule has 1 rings (SSSR count). The zero-order valence-electron chi connectivity index (χ0n) is 7.41. The van der Waals surface area contributed by atoms with Gasteiger partial charge in [-0.05, 0) is 0 Å². The molecule has 1 aliphatic heterocycles. The van der Waals surface area contributed by atoms with Crippen molar-refractivity contribution >= 4 is 5.97 Å². The van der Waals surface area contributed by atoms with Gasteiger partial charge in [0.15, 0.2) is 0 Å². The first-order valence-electron chi connectivity index (χ1n) is 4.00. The highest BCUT2D eigenvalue weighted by atomic mass is 16.7. The molecule has 0 aliphatic carbocycles. The first-order chi connectivity index (χ1) is 5.72. The third kappa shape index (κ3) is 2.79. The Hall–Kier alpha value is -0.610. The van der Waals surface area contributed by atoms with Gasteiger partial charge in [-0.3, -0.25) is 4.79 Å². The van der Waals surface area contributed by atoms with Crippen molar-refractivity contribution in [3.63, 3.8) is 0 Å². The van der Waals surface area contributed by atoms with Crippen molar-refractivity contribution in [2.75, 3.05) is 20.3 Å². The molecule has 0 aromatic carbocycles. The van der Waals surface area contributed by atoms with Crippen LogP contribution in [0.5, 0.6) is 0 Å². The number of methoxy groups -OCH3 is 1. The summed E-state index contributed by atoms with van der Waals surface area (Å²) in [4.78, 5) is 10.5. The summed E-state index contributed by atoms with van der Waals surface area (Å²) in [5.41, 5.74) is 0. The van der Waals surface area contributed by atoms with E-state index in [2.05, 4.69) is 0 Å². The maximum absolute atomic E-state index is 10.5. The monoisotopic (exact) mass is 174 g/mol. The van der Waals surface area contributed by atoms with Crippen LogP contribution >= 0.6 is 0 Å². The number of carbonyl (C=O) groups is 1. The maximum Gasteiger partial charge on any atom is 0.304 e. The molecule has 4 heteroatoms. The molecule has 0 amide bonds. The van der Waals surface area contributed by atoms with Gasteiger partial charge in [0.2, 0.25) is 6.29 Å². The fraction of sp³-hybridized carbons (Fsp3) is 0.875. The minimum absolute atomic E-state index is 0.293. The van der Waals surface area contributed by atoms with E-state index >= 15 is 0 Å². The molecule has 1 saturated heterocycles. The Kier molecular flexibility index (Phi) is 3.49. The van der Waals surface area contributed by atoms with Crippen LogP contribution in [0, 0.1) is 5.92 Å². The number of ether oxygens (including phenoxy) is 3. The lowest BCUT2D eigenvalue weighted by Crippen LogP contribution is -2.14. The van der Waals surface area contributed by atoms with Crippen LogP contribution in [0.15, 0.2) is 0 Å². The molecule has 1 unspecified atom stereocenters. The van der Waals surface area contributed by atoms with Crippen LogP contribution in [0.4, 0.5) is 0 Å². The van der Waals surface area contributed by atoms with Gasteiger partial charge in [-0.15, -0.1) is 0 Å². The van der Waals surface area contributed by atoms with Crippen LogP contribution in [-0.4, -0.2) is 32.6 Å². The third-order valence-corrected chi connectivity index (χ3v) is 1.74. The molecule has 12 heavy (non-hydrogen) atoms. The number of hydrogen-bond donors (Lipinski definition) is 0. The molecule has 0 spiro atoms. The molecule has 70 valence electrons. The zero-order valence-corrected chi connectivity index (χ0v) is 7.41. The second-order valence-electron chi connectivity index (χ2n) is 2.93. The molecule has 1 fully saturated rings. The Bertz CT molecular complexity index is 157. The molecule has 0 aromatic heterocycles. The number of esters is 1. The number of rotatable bonds is 3. The highest BCUT2D eigenvalue weighted by molar-refractivity contribution is 5.66. The van der Waals surface area contributed by atoms with E-state index in [-0.39, 0.29) is 12.3 Å². The van der Waals surface area contributed by atoms with E-state index in [0.717, 1.165) is 6.42 Å². The standard InChI is InChI=1S/C8H14O4/c1-6(9)12-8-3-7(4-10-2)5-11-8/h7-8H,3-5H2,1-2H3/t7-,8?/m1/s1. The van der Waals surface area contributed by atoms with Gasteiger partial charge in [-0.2, -0.15) is 0 Å². The Morgan fingerprint density at radius 3 is 3.00 bits per heavy atom. The predicted octanol–water partition coefficient (Wildman–Crippen LogP) is 0.558. The van der Waals surface area contributed by atoms with Gasteiger partial charge in [0.1, 0.15) is 0 Å². The van der Waals surface area contributed by atoms with Crippen LogP contribution < -0.4 is 0 Å². The van der Waals surface area contributed by atoms with Crippen molar-refractivity contribution in [1.29, 1.82) is 0 Å². The van der Waals surface area contributed by atoms with Gasteiger partial charge in [-0.1, -0.05) is 0 Å². The van der Waals surface area contributed by atoms with Crippen molar-refractivity contribution in [2.24, 2.45) is 5.92 Å². The highest BCUT2D eigenvalue weighted by Crippen LogP contribution is 2.20. The van der Waals surface area contributed by atoms with E-state index in [1.54, 1.807) is 7.11 Å². The second kappa shape index (κ2) is 4.42. The van der Waals surface area contributed by atoms with Gasteiger partial charge < -0.3 is 14.2 Å². The fourth-order valence-corrected chi connectivity index (χ4v) is 1.27. The SMILES string of the molecule is COC[C@@H]1COC(OC(C)=O)C1. The Morgan fingerprint density at radius 1 is 1.67 bits per heavy atom. The molecule has 0 saturated carbocycles. The third-order valence-electron chi connectivity index (χ3n) is 1.74. The fourth-order valence-electron chi connectivity index (χ4n) is 1.27. The largest absolute Gasteiger partial charge is 0.436 e. The second-order valence-corrected chi connectivity index (χ2v) is 2.93. The lowest BCUT2D eigenvalue weighted by molar-refractivity contribution is -0.166. The van der Waals surface area contributed by atoms with Crippen molar-refractivity contribution < 1.29 is 19.0 Å². The molecule has 0 radical (unpaired) electrons. The first-order valence-corrected chi connectivity index (χ1v) is 4.00. The minimum atomic E-state index is -0.359. The van der Waals surface area contributed by atoms with E-state index in [1.165, 1.54) is 6.92 Å². The molecule has 4 nitrogen and oxygen atoms in total. The summed E-state index contributed by atoms with van der Waals surface area (Å²) < 4.78 is 15.0. The van der Waals surface area contributed by atoms with Gasteiger partial charge in [0, 0.05) is 26.4 Å². The predicted molar refractivity (Wildman–Crippen MR) is 41.5 cm³/mol. The van der Waals surface area contributed by atoms with Gasteiger partial charge in [0.25, 0.3) is 0 Å². The number of hydrogen-bond acceptors (Lipinski definition) is 4. The van der Waals surface area contributed by atoms with Gasteiger partial charge in [-0.25, -0.2) is 0 Å². The van der Waals surface area contributed by atoms with E-state index in [9.17, 15) is 4.79 Å². The lowest BCUT2D eigenvalue weighted by atomic mass is 10.1. The number of carbonyl (C=O) groups excluding carboxylic acids is 1. The van der Waals surface area contributed by atoms with Crippen LogP contribution in [-0.2, 0) is 19.0 Å². The average molecular weight is 174 g/mol. The summed E-state index contributed by atoms with van der Waals surface area (Å²) in [6, 6.07) is 0.